The molecule has 31 heavy (non-hydrogen) atoms. The fourth-order valence-electron chi connectivity index (χ4n) is 3.52. The molecule has 0 saturated heterocycles. The molecule has 0 saturated carbocycles. The molecule has 162 valence electrons. The molecule has 0 fully saturated rings. The maximum Gasteiger partial charge on any atom is 0.406 e. The summed E-state index contributed by atoms with van der Waals surface area (Å²) in [6.07, 6.45) is -1.87. The van der Waals surface area contributed by atoms with Gasteiger partial charge in [0.15, 0.2) is 0 Å². The summed E-state index contributed by atoms with van der Waals surface area (Å²) < 4.78 is 40.3. The van der Waals surface area contributed by atoms with Crippen LogP contribution in [0.2, 0.25) is 0 Å². The summed E-state index contributed by atoms with van der Waals surface area (Å²) in [4.78, 5) is 28.6. The number of aromatic nitrogens is 4. The highest BCUT2D eigenvalue weighted by Crippen LogP contribution is 2.32. The molecule has 3 aromatic heterocycles. The van der Waals surface area contributed by atoms with E-state index in [9.17, 15) is 22.8 Å². The fraction of sp³-hybridized carbons (Fsp3) is 0.200. The van der Waals surface area contributed by atoms with E-state index in [1.54, 1.807) is 31.2 Å². The van der Waals surface area contributed by atoms with Gasteiger partial charge in [-0.15, -0.1) is 12.4 Å². The summed E-state index contributed by atoms with van der Waals surface area (Å²) in [5.41, 5.74) is 6.51. The van der Waals surface area contributed by atoms with Gasteiger partial charge in [0.1, 0.15) is 6.54 Å². The molecule has 3 heterocycles. The summed E-state index contributed by atoms with van der Waals surface area (Å²) >= 11 is 0. The van der Waals surface area contributed by atoms with Gasteiger partial charge in [-0.25, -0.2) is 0 Å². The third-order valence-electron chi connectivity index (χ3n) is 5.00. The van der Waals surface area contributed by atoms with E-state index in [1.165, 1.54) is 18.5 Å². The van der Waals surface area contributed by atoms with Crippen LogP contribution in [0.1, 0.15) is 18.5 Å². The van der Waals surface area contributed by atoms with Crippen LogP contribution in [0.15, 0.2) is 47.5 Å². The lowest BCUT2D eigenvalue weighted by molar-refractivity contribution is -0.140. The molecule has 0 bridgehead atoms. The highest BCUT2D eigenvalue weighted by atomic mass is 35.5. The number of amides is 1. The predicted molar refractivity (Wildman–Crippen MR) is 112 cm³/mol. The zero-order valence-electron chi connectivity index (χ0n) is 16.1. The second-order valence-electron chi connectivity index (χ2n) is 6.96. The number of nitrogens with zero attached hydrogens (tertiary/aromatic N) is 3. The number of carbonyl (C=O) groups excluding carboxylic acids is 1. The lowest BCUT2D eigenvalue weighted by atomic mass is 9.95. The smallest absolute Gasteiger partial charge is 0.369 e. The molecular weight excluding hydrogens is 435 g/mol. The number of H-pyrrole nitrogens is 1. The minimum Gasteiger partial charge on any atom is -0.369 e. The average molecular weight is 452 g/mol. The topological polar surface area (TPSA) is 107 Å². The van der Waals surface area contributed by atoms with Gasteiger partial charge in [-0.05, 0) is 24.6 Å². The number of hydrogen-bond acceptors (Lipinski definition) is 4. The van der Waals surface area contributed by atoms with Crippen molar-refractivity contribution in [3.05, 3.63) is 58.8 Å². The van der Waals surface area contributed by atoms with Crippen molar-refractivity contribution in [2.24, 2.45) is 5.73 Å². The number of primary amides is 1. The molecule has 1 aromatic carbocycles. The Morgan fingerprint density at radius 3 is 2.68 bits per heavy atom. The number of aromatic amines is 1. The molecule has 11 heteroatoms. The second kappa shape index (κ2) is 8.03. The quantitative estimate of drug-likeness (QED) is 0.495. The molecule has 4 aromatic rings. The molecule has 1 amide bonds. The lowest BCUT2D eigenvalue weighted by Crippen LogP contribution is -2.28. The number of halogens is 4. The molecule has 7 nitrogen and oxygen atoms in total. The predicted octanol–water partition coefficient (Wildman–Crippen LogP) is 3.51. The Balaban J connectivity index is 0.00000272. The van der Waals surface area contributed by atoms with Gasteiger partial charge >= 0.3 is 6.18 Å². The number of alkyl halides is 3. The van der Waals surface area contributed by atoms with Crippen molar-refractivity contribution in [2.45, 2.75) is 25.6 Å². The van der Waals surface area contributed by atoms with Crippen LogP contribution in [0.3, 0.4) is 0 Å². The SMILES string of the molecule is CC(C(N)=O)c1ncccc1-c1ccc2c3[nH]ncc3c(=O)n(CC(F)(F)F)c2c1.Cl. The first-order valence-corrected chi connectivity index (χ1v) is 8.98. The molecule has 0 radical (unpaired) electrons. The highest BCUT2D eigenvalue weighted by Gasteiger charge is 2.30. The van der Waals surface area contributed by atoms with E-state index in [1.807, 2.05) is 0 Å². The Labute approximate surface area is 179 Å². The fourth-order valence-corrected chi connectivity index (χ4v) is 3.52. The van der Waals surface area contributed by atoms with Crippen molar-refractivity contribution < 1.29 is 18.0 Å². The number of hydrogen-bond donors (Lipinski definition) is 2. The molecule has 1 atom stereocenters. The van der Waals surface area contributed by atoms with Gasteiger partial charge in [-0.1, -0.05) is 18.2 Å². The minimum atomic E-state index is -4.59. The van der Waals surface area contributed by atoms with E-state index in [0.717, 1.165) is 0 Å². The standard InChI is InChI=1S/C20H16F3N5O2.ClH/c1-10(18(24)29)16-12(3-2-6-25-16)11-4-5-13-15(7-11)28(9-20(21,22)23)19(30)14-8-26-27-17(13)14;/h2-8,10H,9H2,1H3,(H2,24,29)(H,26,27);1H. The number of nitrogens with one attached hydrogen (secondary N) is 1. The van der Waals surface area contributed by atoms with Gasteiger partial charge in [-0.2, -0.15) is 18.3 Å². The van der Waals surface area contributed by atoms with Gasteiger partial charge in [0.25, 0.3) is 5.56 Å². The van der Waals surface area contributed by atoms with Crippen LogP contribution in [0.25, 0.3) is 32.9 Å². The Hall–Kier alpha value is -3.40. The van der Waals surface area contributed by atoms with E-state index in [4.69, 9.17) is 5.73 Å². The number of rotatable bonds is 4. The normalized spacial score (nSPS) is 12.6. The van der Waals surface area contributed by atoms with Crippen LogP contribution in [-0.2, 0) is 11.3 Å². The van der Waals surface area contributed by atoms with Crippen LogP contribution >= 0.6 is 12.4 Å². The molecular formula is C20H17ClF3N5O2. The Bertz CT molecular complexity index is 1350. The van der Waals surface area contributed by atoms with Crippen LogP contribution < -0.4 is 11.3 Å². The maximum atomic E-state index is 13.2. The molecule has 0 spiro atoms. The van der Waals surface area contributed by atoms with Crippen molar-refractivity contribution >= 4 is 40.1 Å². The van der Waals surface area contributed by atoms with Crippen LogP contribution in [0, 0.1) is 0 Å². The van der Waals surface area contributed by atoms with Crippen molar-refractivity contribution in [2.75, 3.05) is 0 Å². The zero-order chi connectivity index (χ0) is 21.6. The number of nitrogens with two attached hydrogens (primary N) is 1. The maximum absolute atomic E-state index is 13.2. The third-order valence-corrected chi connectivity index (χ3v) is 5.00. The van der Waals surface area contributed by atoms with Crippen LogP contribution in [0.4, 0.5) is 13.2 Å². The highest BCUT2D eigenvalue weighted by molar-refractivity contribution is 6.04. The Morgan fingerprint density at radius 2 is 2.00 bits per heavy atom. The van der Waals surface area contributed by atoms with E-state index < -0.39 is 30.1 Å². The van der Waals surface area contributed by atoms with Crippen molar-refractivity contribution in [3.8, 4) is 11.1 Å². The van der Waals surface area contributed by atoms with Crippen molar-refractivity contribution in [3.63, 3.8) is 0 Å². The van der Waals surface area contributed by atoms with E-state index in [0.29, 0.717) is 32.3 Å². The first-order valence-electron chi connectivity index (χ1n) is 8.98. The van der Waals surface area contributed by atoms with Crippen molar-refractivity contribution in [1.82, 2.24) is 19.7 Å². The summed E-state index contributed by atoms with van der Waals surface area (Å²) in [5, 5.41) is 6.98. The molecule has 1 unspecified atom stereocenters. The van der Waals surface area contributed by atoms with E-state index >= 15 is 0 Å². The van der Waals surface area contributed by atoms with Crippen LogP contribution in [0.5, 0.6) is 0 Å². The average Bonchev–Trinajstić information content (AvgIpc) is 3.19. The number of carbonyl (C=O) groups is 1. The van der Waals surface area contributed by atoms with Gasteiger partial charge in [-0.3, -0.25) is 24.2 Å². The largest absolute Gasteiger partial charge is 0.406 e. The molecule has 3 N–H and O–H groups in total. The van der Waals surface area contributed by atoms with Gasteiger partial charge in [0.05, 0.1) is 34.2 Å². The van der Waals surface area contributed by atoms with Gasteiger partial charge in [0.2, 0.25) is 5.91 Å². The summed E-state index contributed by atoms with van der Waals surface area (Å²) in [5.74, 6) is -1.28. The second-order valence-corrected chi connectivity index (χ2v) is 6.96. The Kier molecular flexibility index (Phi) is 5.77. The first kappa shape index (κ1) is 22.3. The number of benzene rings is 1. The monoisotopic (exact) mass is 451 g/mol. The summed E-state index contributed by atoms with van der Waals surface area (Å²) in [7, 11) is 0. The number of fused-ring (bicyclic) bond motifs is 3. The molecule has 0 aliphatic heterocycles. The van der Waals surface area contributed by atoms with E-state index in [2.05, 4.69) is 15.2 Å². The summed E-state index contributed by atoms with van der Waals surface area (Å²) in [6, 6.07) is 8.14. The minimum absolute atomic E-state index is 0. The summed E-state index contributed by atoms with van der Waals surface area (Å²) in [6.45, 7) is 0.160. The molecule has 4 rings (SSSR count). The van der Waals surface area contributed by atoms with Crippen molar-refractivity contribution in [1.29, 1.82) is 0 Å². The first-order chi connectivity index (χ1) is 14.2. The van der Waals surface area contributed by atoms with Gasteiger partial charge < -0.3 is 5.73 Å². The van der Waals surface area contributed by atoms with Crippen LogP contribution in [-0.4, -0.2) is 31.8 Å². The Morgan fingerprint density at radius 1 is 1.26 bits per heavy atom. The zero-order valence-corrected chi connectivity index (χ0v) is 16.9. The van der Waals surface area contributed by atoms with Gasteiger partial charge in [0, 0.05) is 17.1 Å². The van der Waals surface area contributed by atoms with E-state index in [-0.39, 0.29) is 23.3 Å². The number of pyridine rings is 2. The third kappa shape index (κ3) is 3.98. The molecule has 0 aliphatic rings. The lowest BCUT2D eigenvalue weighted by Gasteiger charge is -2.16. The molecule has 0 aliphatic carbocycles.